The number of hydrogen-bond acceptors (Lipinski definition) is 4. The van der Waals surface area contributed by atoms with Gasteiger partial charge in [-0.1, -0.05) is 6.07 Å². The Labute approximate surface area is 99.3 Å². The molecule has 0 aliphatic heterocycles. The van der Waals surface area contributed by atoms with Gasteiger partial charge in [-0.05, 0) is 23.6 Å². The summed E-state index contributed by atoms with van der Waals surface area (Å²) in [4.78, 5) is 5.48. The maximum atomic E-state index is 5.79. The van der Waals surface area contributed by atoms with Gasteiger partial charge in [0.25, 0.3) is 0 Å². The maximum Gasteiger partial charge on any atom is 0.0468 e. The number of hydrogen-bond donors (Lipinski definition) is 2. The minimum absolute atomic E-state index is 0.844. The van der Waals surface area contributed by atoms with Gasteiger partial charge in [0, 0.05) is 42.0 Å². The Hall–Kier alpha value is -1.39. The van der Waals surface area contributed by atoms with E-state index in [1.54, 1.807) is 11.3 Å². The van der Waals surface area contributed by atoms with Crippen LogP contribution in [0.3, 0.4) is 0 Å². The summed E-state index contributed by atoms with van der Waals surface area (Å²) in [6, 6.07) is 7.94. The Bertz CT molecular complexity index is 425. The number of anilines is 1. The van der Waals surface area contributed by atoms with E-state index >= 15 is 0 Å². The van der Waals surface area contributed by atoms with Crippen LogP contribution >= 0.6 is 11.3 Å². The minimum atomic E-state index is 0.844. The molecule has 4 heteroatoms. The highest BCUT2D eigenvalue weighted by Gasteiger charge is 1.99. The van der Waals surface area contributed by atoms with Gasteiger partial charge in [-0.15, -0.1) is 11.3 Å². The third-order valence-corrected chi connectivity index (χ3v) is 3.29. The van der Waals surface area contributed by atoms with Crippen molar-refractivity contribution in [2.24, 2.45) is 0 Å². The van der Waals surface area contributed by atoms with Crippen molar-refractivity contribution in [1.82, 2.24) is 10.3 Å². The molecule has 0 amide bonds. The van der Waals surface area contributed by atoms with E-state index in [0.717, 1.165) is 30.9 Å². The van der Waals surface area contributed by atoms with Crippen molar-refractivity contribution in [2.45, 2.75) is 13.0 Å². The summed E-state index contributed by atoms with van der Waals surface area (Å²) in [6.07, 6.45) is 2.78. The SMILES string of the molecule is Nc1ccsc1CNCCc1ccccn1. The Morgan fingerprint density at radius 2 is 2.25 bits per heavy atom. The first-order chi connectivity index (χ1) is 7.86. The number of nitrogens with two attached hydrogens (primary N) is 1. The summed E-state index contributed by atoms with van der Waals surface area (Å²) in [5.41, 5.74) is 7.80. The Morgan fingerprint density at radius 1 is 1.31 bits per heavy atom. The zero-order chi connectivity index (χ0) is 11.2. The zero-order valence-electron chi connectivity index (χ0n) is 9.02. The second kappa shape index (κ2) is 5.63. The average molecular weight is 233 g/mol. The Kier molecular flexibility index (Phi) is 3.91. The van der Waals surface area contributed by atoms with Crippen LogP contribution in [0.25, 0.3) is 0 Å². The standard InChI is InChI=1S/C12H15N3S/c13-11-5-8-16-12(11)9-14-7-4-10-3-1-2-6-15-10/h1-3,5-6,8,14H,4,7,9,13H2. The summed E-state index contributed by atoms with van der Waals surface area (Å²) in [6.45, 7) is 1.77. The highest BCUT2D eigenvalue weighted by atomic mass is 32.1. The number of nitrogens with zero attached hydrogens (tertiary/aromatic N) is 1. The molecule has 2 rings (SSSR count). The average Bonchev–Trinajstić information content (AvgIpc) is 2.72. The maximum absolute atomic E-state index is 5.79. The third-order valence-electron chi connectivity index (χ3n) is 2.35. The van der Waals surface area contributed by atoms with Gasteiger partial charge >= 0.3 is 0 Å². The lowest BCUT2D eigenvalue weighted by atomic mass is 10.3. The number of thiophene rings is 1. The van der Waals surface area contributed by atoms with Crippen molar-refractivity contribution in [3.05, 3.63) is 46.4 Å². The van der Waals surface area contributed by atoms with Crippen LogP contribution in [-0.2, 0) is 13.0 Å². The molecule has 2 aromatic heterocycles. The van der Waals surface area contributed by atoms with Gasteiger partial charge in [-0.2, -0.15) is 0 Å². The van der Waals surface area contributed by atoms with Gasteiger partial charge in [0.05, 0.1) is 0 Å². The van der Waals surface area contributed by atoms with Crippen LogP contribution in [0.4, 0.5) is 5.69 Å². The van der Waals surface area contributed by atoms with E-state index in [2.05, 4.69) is 10.3 Å². The first-order valence-electron chi connectivity index (χ1n) is 5.29. The van der Waals surface area contributed by atoms with Crippen LogP contribution in [0.5, 0.6) is 0 Å². The summed E-state index contributed by atoms with van der Waals surface area (Å²) >= 11 is 1.69. The Balaban J connectivity index is 1.72. The molecule has 0 bridgehead atoms. The quantitative estimate of drug-likeness (QED) is 0.777. The van der Waals surface area contributed by atoms with Crippen LogP contribution in [0.15, 0.2) is 35.8 Å². The molecule has 0 aliphatic carbocycles. The fraction of sp³-hybridized carbons (Fsp3) is 0.250. The molecule has 2 aromatic rings. The van der Waals surface area contributed by atoms with E-state index in [1.165, 1.54) is 4.88 Å². The molecular formula is C12H15N3S. The van der Waals surface area contributed by atoms with Gasteiger partial charge in [0.1, 0.15) is 0 Å². The summed E-state index contributed by atoms with van der Waals surface area (Å²) in [5.74, 6) is 0. The van der Waals surface area contributed by atoms with Gasteiger partial charge < -0.3 is 11.1 Å². The van der Waals surface area contributed by atoms with Crippen LogP contribution in [-0.4, -0.2) is 11.5 Å². The van der Waals surface area contributed by atoms with E-state index in [0.29, 0.717) is 0 Å². The number of pyridine rings is 1. The number of nitrogens with one attached hydrogen (secondary N) is 1. The zero-order valence-corrected chi connectivity index (χ0v) is 9.83. The molecule has 0 spiro atoms. The highest BCUT2D eigenvalue weighted by molar-refractivity contribution is 7.10. The largest absolute Gasteiger partial charge is 0.398 e. The molecule has 16 heavy (non-hydrogen) atoms. The smallest absolute Gasteiger partial charge is 0.0468 e. The van der Waals surface area contributed by atoms with Gasteiger partial charge in [0.15, 0.2) is 0 Å². The lowest BCUT2D eigenvalue weighted by Gasteiger charge is -2.03. The molecule has 0 atom stereocenters. The van der Waals surface area contributed by atoms with E-state index in [9.17, 15) is 0 Å². The van der Waals surface area contributed by atoms with Crippen LogP contribution in [0, 0.1) is 0 Å². The fourth-order valence-corrected chi connectivity index (χ4v) is 2.23. The predicted octanol–water partition coefficient (Wildman–Crippen LogP) is 2.06. The molecule has 0 aromatic carbocycles. The summed E-state index contributed by atoms with van der Waals surface area (Å²) < 4.78 is 0. The molecule has 0 fully saturated rings. The minimum Gasteiger partial charge on any atom is -0.398 e. The molecule has 0 aliphatic rings. The molecule has 0 saturated carbocycles. The molecule has 0 radical (unpaired) electrons. The third kappa shape index (κ3) is 3.05. The lowest BCUT2D eigenvalue weighted by Crippen LogP contribution is -2.17. The first-order valence-corrected chi connectivity index (χ1v) is 6.16. The van der Waals surface area contributed by atoms with E-state index in [-0.39, 0.29) is 0 Å². The molecular weight excluding hydrogens is 218 g/mol. The first kappa shape index (κ1) is 11.1. The second-order valence-corrected chi connectivity index (χ2v) is 4.55. The molecule has 84 valence electrons. The van der Waals surface area contributed by atoms with Gasteiger partial charge in [0.2, 0.25) is 0 Å². The van der Waals surface area contributed by atoms with E-state index in [1.807, 2.05) is 35.8 Å². The second-order valence-electron chi connectivity index (χ2n) is 3.55. The molecule has 0 saturated heterocycles. The lowest BCUT2D eigenvalue weighted by molar-refractivity contribution is 0.687. The number of nitrogen functional groups attached to an aromatic ring is 1. The topological polar surface area (TPSA) is 50.9 Å². The van der Waals surface area contributed by atoms with Gasteiger partial charge in [-0.3, -0.25) is 4.98 Å². The van der Waals surface area contributed by atoms with Crippen molar-refractivity contribution in [3.63, 3.8) is 0 Å². The summed E-state index contributed by atoms with van der Waals surface area (Å²) in [7, 11) is 0. The van der Waals surface area contributed by atoms with Crippen molar-refractivity contribution < 1.29 is 0 Å². The van der Waals surface area contributed by atoms with E-state index < -0.39 is 0 Å². The molecule has 0 unspecified atom stereocenters. The molecule has 3 N–H and O–H groups in total. The van der Waals surface area contributed by atoms with Crippen LogP contribution in [0.2, 0.25) is 0 Å². The highest BCUT2D eigenvalue weighted by Crippen LogP contribution is 2.17. The van der Waals surface area contributed by atoms with Crippen molar-refractivity contribution >= 4 is 17.0 Å². The molecule has 3 nitrogen and oxygen atoms in total. The van der Waals surface area contributed by atoms with Crippen molar-refractivity contribution in [1.29, 1.82) is 0 Å². The predicted molar refractivity (Wildman–Crippen MR) is 68.4 cm³/mol. The monoisotopic (exact) mass is 233 g/mol. The number of aromatic nitrogens is 1. The normalized spacial score (nSPS) is 10.5. The van der Waals surface area contributed by atoms with Crippen LogP contribution < -0.4 is 11.1 Å². The van der Waals surface area contributed by atoms with Crippen molar-refractivity contribution in [2.75, 3.05) is 12.3 Å². The molecule has 2 heterocycles. The van der Waals surface area contributed by atoms with E-state index in [4.69, 9.17) is 5.73 Å². The van der Waals surface area contributed by atoms with Crippen molar-refractivity contribution in [3.8, 4) is 0 Å². The Morgan fingerprint density at radius 3 is 2.94 bits per heavy atom. The van der Waals surface area contributed by atoms with Crippen LogP contribution in [0.1, 0.15) is 10.6 Å². The van der Waals surface area contributed by atoms with Gasteiger partial charge in [-0.25, -0.2) is 0 Å². The number of rotatable bonds is 5. The summed E-state index contributed by atoms with van der Waals surface area (Å²) in [5, 5.41) is 5.39. The fourth-order valence-electron chi connectivity index (χ4n) is 1.46.